The molecule has 2 bridgehead atoms. The molecule has 0 spiro atoms. The summed E-state index contributed by atoms with van der Waals surface area (Å²) in [7, 11) is 1.56. The lowest BCUT2D eigenvalue weighted by atomic mass is 10.0. The molecular weight excluding hydrogens is 522 g/mol. The number of aromatic nitrogens is 2. The summed E-state index contributed by atoms with van der Waals surface area (Å²) in [6.45, 7) is 5.23. The van der Waals surface area contributed by atoms with Gasteiger partial charge in [0.2, 0.25) is 5.91 Å². The van der Waals surface area contributed by atoms with Crippen molar-refractivity contribution in [1.82, 2.24) is 9.97 Å². The van der Waals surface area contributed by atoms with E-state index < -0.39 is 17.7 Å². The highest BCUT2D eigenvalue weighted by Gasteiger charge is 2.40. The Hall–Kier alpha value is -4.29. The van der Waals surface area contributed by atoms with Crippen LogP contribution in [0.3, 0.4) is 0 Å². The number of hydroxylamine groups is 1. The van der Waals surface area contributed by atoms with E-state index in [9.17, 15) is 13.6 Å². The monoisotopic (exact) mass is 550 g/mol. The quantitative estimate of drug-likeness (QED) is 0.393. The fraction of sp³-hybridized carbons (Fsp3) is 0.321. The third kappa shape index (κ3) is 4.91. The van der Waals surface area contributed by atoms with Gasteiger partial charge in [-0.3, -0.25) is 9.63 Å². The van der Waals surface area contributed by atoms with E-state index in [1.54, 1.807) is 19.2 Å². The van der Waals surface area contributed by atoms with Crippen LogP contribution in [0, 0.1) is 11.6 Å². The van der Waals surface area contributed by atoms with Crippen molar-refractivity contribution >= 4 is 34.6 Å². The molecule has 2 N–H and O–H groups in total. The molecule has 0 radical (unpaired) electrons. The lowest BCUT2D eigenvalue weighted by Crippen LogP contribution is -2.37. The van der Waals surface area contributed by atoms with E-state index in [-0.39, 0.29) is 23.6 Å². The standard InChI is InChI=1S/C28H28F2N6O4/c1-3-28(37)34-21-10-22(25(38-2)11-24(21)35-13-18-9-17(35)14-39-18)33-26-12-27(32-15-31-26)36-23(6-7-40-36)19-8-16(29)4-5-20(19)30/h3-5,8,10-12,15,17-18,23H,1,6-7,9,13-14H2,2H3,(H,34,37)(H,31,32,33)/t17-,18-,23-/m1/s1. The van der Waals surface area contributed by atoms with Crippen LogP contribution in [0.2, 0.25) is 0 Å². The summed E-state index contributed by atoms with van der Waals surface area (Å²) in [6.07, 6.45) is 4.11. The summed E-state index contributed by atoms with van der Waals surface area (Å²) in [5.41, 5.74) is 2.14. The second-order valence-electron chi connectivity index (χ2n) is 9.78. The number of hydrogen-bond donors (Lipinski definition) is 2. The lowest BCUT2D eigenvalue weighted by molar-refractivity contribution is -0.111. The molecule has 6 rings (SSSR count). The van der Waals surface area contributed by atoms with E-state index in [1.807, 2.05) is 6.07 Å². The number of halogens is 2. The second kappa shape index (κ2) is 10.7. The Morgan fingerprint density at radius 1 is 1.20 bits per heavy atom. The topological polar surface area (TPSA) is 101 Å². The molecule has 0 aliphatic carbocycles. The third-order valence-electron chi connectivity index (χ3n) is 7.33. The summed E-state index contributed by atoms with van der Waals surface area (Å²) in [5.74, 6) is -0.0904. The molecule has 3 aromatic rings. The van der Waals surface area contributed by atoms with Crippen molar-refractivity contribution in [2.45, 2.75) is 31.0 Å². The Morgan fingerprint density at radius 3 is 2.83 bits per heavy atom. The molecule has 0 unspecified atom stereocenters. The van der Waals surface area contributed by atoms with Gasteiger partial charge in [-0.15, -0.1) is 0 Å². The average molecular weight is 551 g/mol. The van der Waals surface area contributed by atoms with Crippen LogP contribution in [0.4, 0.5) is 37.5 Å². The van der Waals surface area contributed by atoms with Crippen LogP contribution in [0.1, 0.15) is 24.4 Å². The fourth-order valence-corrected chi connectivity index (χ4v) is 5.47. The van der Waals surface area contributed by atoms with Gasteiger partial charge in [0.25, 0.3) is 0 Å². The van der Waals surface area contributed by atoms with E-state index in [2.05, 4.69) is 32.1 Å². The number of methoxy groups -OCH3 is 1. The Bertz CT molecular complexity index is 1460. The van der Waals surface area contributed by atoms with Crippen LogP contribution in [-0.4, -0.2) is 54.9 Å². The normalized spacial score (nSPS) is 21.5. The summed E-state index contributed by atoms with van der Waals surface area (Å²) < 4.78 is 39.9. The van der Waals surface area contributed by atoms with Gasteiger partial charge in [0.15, 0.2) is 5.82 Å². The lowest BCUT2D eigenvalue weighted by Gasteiger charge is -2.31. The number of carbonyl (C=O) groups excluding carboxylic acids is 1. The van der Waals surface area contributed by atoms with Gasteiger partial charge < -0.3 is 25.0 Å². The molecule has 0 saturated carbocycles. The molecule has 3 fully saturated rings. The van der Waals surface area contributed by atoms with Crippen LogP contribution >= 0.6 is 0 Å². The minimum Gasteiger partial charge on any atom is -0.494 e. The van der Waals surface area contributed by atoms with Crippen LogP contribution in [0.25, 0.3) is 0 Å². The minimum atomic E-state index is -0.562. The predicted octanol–water partition coefficient (Wildman–Crippen LogP) is 4.49. The predicted molar refractivity (Wildman–Crippen MR) is 145 cm³/mol. The highest BCUT2D eigenvalue weighted by molar-refractivity contribution is 6.02. The van der Waals surface area contributed by atoms with Crippen molar-refractivity contribution in [3.63, 3.8) is 0 Å². The molecule has 1 aromatic heterocycles. The van der Waals surface area contributed by atoms with Gasteiger partial charge in [-0.05, 0) is 36.8 Å². The maximum absolute atomic E-state index is 14.6. The van der Waals surface area contributed by atoms with E-state index in [0.29, 0.717) is 48.4 Å². The number of benzene rings is 2. The van der Waals surface area contributed by atoms with Gasteiger partial charge in [-0.2, -0.15) is 0 Å². The fourth-order valence-electron chi connectivity index (χ4n) is 5.47. The molecule has 40 heavy (non-hydrogen) atoms. The van der Waals surface area contributed by atoms with Crippen LogP contribution in [-0.2, 0) is 14.4 Å². The summed E-state index contributed by atoms with van der Waals surface area (Å²) in [6, 6.07) is 8.30. The molecular formula is C28H28F2N6O4. The Morgan fingerprint density at radius 2 is 2.08 bits per heavy atom. The van der Waals surface area contributed by atoms with Crippen molar-refractivity contribution in [3.05, 3.63) is 72.6 Å². The number of ether oxygens (including phenoxy) is 2. The van der Waals surface area contributed by atoms with Gasteiger partial charge in [0.1, 0.15) is 29.5 Å². The summed E-state index contributed by atoms with van der Waals surface area (Å²) in [4.78, 5) is 28.9. The van der Waals surface area contributed by atoms with Crippen molar-refractivity contribution in [1.29, 1.82) is 0 Å². The van der Waals surface area contributed by atoms with Crippen molar-refractivity contribution in [3.8, 4) is 5.75 Å². The van der Waals surface area contributed by atoms with E-state index in [1.165, 1.54) is 23.5 Å². The molecule has 3 saturated heterocycles. The van der Waals surface area contributed by atoms with Gasteiger partial charge in [-0.1, -0.05) is 6.58 Å². The molecule has 2 aromatic carbocycles. The van der Waals surface area contributed by atoms with E-state index >= 15 is 0 Å². The average Bonchev–Trinajstić information content (AvgIpc) is 3.72. The van der Waals surface area contributed by atoms with E-state index in [0.717, 1.165) is 30.8 Å². The largest absolute Gasteiger partial charge is 0.494 e. The highest BCUT2D eigenvalue weighted by atomic mass is 19.1. The summed E-state index contributed by atoms with van der Waals surface area (Å²) in [5, 5.41) is 7.60. The van der Waals surface area contributed by atoms with Crippen LogP contribution < -0.4 is 25.3 Å². The van der Waals surface area contributed by atoms with Gasteiger partial charge in [0, 0.05) is 30.7 Å². The van der Waals surface area contributed by atoms with Crippen LogP contribution in [0.15, 0.2) is 55.4 Å². The molecule has 3 aliphatic rings. The first-order valence-electron chi connectivity index (χ1n) is 12.9. The van der Waals surface area contributed by atoms with Crippen molar-refractivity contribution < 1.29 is 27.9 Å². The smallest absolute Gasteiger partial charge is 0.247 e. The molecule has 3 atom stereocenters. The highest BCUT2D eigenvalue weighted by Crippen LogP contribution is 2.43. The molecule has 4 heterocycles. The second-order valence-corrected chi connectivity index (χ2v) is 9.78. The molecule has 208 valence electrons. The number of rotatable bonds is 8. The number of amides is 1. The third-order valence-corrected chi connectivity index (χ3v) is 7.33. The van der Waals surface area contributed by atoms with Crippen molar-refractivity contribution in [2.75, 3.05) is 47.5 Å². The zero-order valence-electron chi connectivity index (χ0n) is 21.8. The number of morpholine rings is 1. The van der Waals surface area contributed by atoms with Crippen molar-refractivity contribution in [2.24, 2.45) is 0 Å². The van der Waals surface area contributed by atoms with E-state index in [4.69, 9.17) is 14.3 Å². The number of nitrogens with one attached hydrogen (secondary N) is 2. The maximum atomic E-state index is 14.6. The first-order chi connectivity index (χ1) is 19.4. The molecule has 10 nitrogen and oxygen atoms in total. The van der Waals surface area contributed by atoms with Gasteiger partial charge >= 0.3 is 0 Å². The Balaban J connectivity index is 1.31. The molecule has 3 aliphatic heterocycles. The van der Waals surface area contributed by atoms with Crippen LogP contribution in [0.5, 0.6) is 5.75 Å². The number of fused-ring (bicyclic) bond motifs is 2. The Labute approximate surface area is 229 Å². The summed E-state index contributed by atoms with van der Waals surface area (Å²) >= 11 is 0. The number of anilines is 5. The molecule has 1 amide bonds. The number of hydrogen-bond acceptors (Lipinski definition) is 9. The zero-order valence-corrected chi connectivity index (χ0v) is 21.8. The number of carbonyl (C=O) groups is 1. The maximum Gasteiger partial charge on any atom is 0.247 e. The number of nitrogens with zero attached hydrogens (tertiary/aromatic N) is 4. The molecule has 12 heteroatoms. The van der Waals surface area contributed by atoms with Gasteiger partial charge in [-0.25, -0.2) is 23.8 Å². The first-order valence-corrected chi connectivity index (χ1v) is 12.9. The van der Waals surface area contributed by atoms with Gasteiger partial charge in [0.05, 0.1) is 55.6 Å². The Kier molecular flexibility index (Phi) is 6.95. The first kappa shape index (κ1) is 26.0. The minimum absolute atomic E-state index is 0.161. The SMILES string of the molecule is C=CC(=O)Nc1cc(Nc2cc(N3OCC[C@@H]3c3cc(F)ccc3F)ncn2)c(OC)cc1N1C[C@H]2C[C@@H]1CO2. The zero-order chi connectivity index (χ0) is 27.8.